The van der Waals surface area contributed by atoms with Crippen molar-refractivity contribution < 1.29 is 36.6 Å². The number of alkyl halides is 5. The van der Waals surface area contributed by atoms with Crippen molar-refractivity contribution in [1.82, 2.24) is 0 Å². The quantitative estimate of drug-likeness (QED) is 0.596. The van der Waals surface area contributed by atoms with E-state index in [-0.39, 0.29) is 0 Å². The van der Waals surface area contributed by atoms with Gasteiger partial charge in [0.2, 0.25) is 5.78 Å². The van der Waals surface area contributed by atoms with Crippen molar-refractivity contribution in [3.05, 3.63) is 0 Å². The van der Waals surface area contributed by atoms with Crippen LogP contribution in [0.1, 0.15) is 13.3 Å². The van der Waals surface area contributed by atoms with Gasteiger partial charge in [-0.3, -0.25) is 9.59 Å². The molecule has 0 fully saturated rings. The average Bonchev–Trinajstić information content (AvgIpc) is 2.02. The third-order valence-electron chi connectivity index (χ3n) is 1.69. The Morgan fingerprint density at radius 1 is 1.20 bits per heavy atom. The third-order valence-corrected chi connectivity index (χ3v) is 1.69. The number of rotatable bonds is 4. The first-order valence-electron chi connectivity index (χ1n) is 3.77. The summed E-state index contributed by atoms with van der Waals surface area (Å²) in [7, 11) is 0. The third kappa shape index (κ3) is 2.63. The van der Waals surface area contributed by atoms with Crippen LogP contribution in [0.2, 0.25) is 0 Å². The van der Waals surface area contributed by atoms with Gasteiger partial charge in [0, 0.05) is 0 Å². The number of carboxylic acids is 1. The van der Waals surface area contributed by atoms with Crippen molar-refractivity contribution in [2.75, 3.05) is 0 Å². The van der Waals surface area contributed by atoms with Gasteiger partial charge < -0.3 is 5.11 Å². The van der Waals surface area contributed by atoms with Crippen LogP contribution in [-0.4, -0.2) is 29.0 Å². The molecule has 1 atom stereocenters. The Hall–Kier alpha value is -1.21. The Balaban J connectivity index is 5.07. The van der Waals surface area contributed by atoms with Crippen molar-refractivity contribution in [3.8, 4) is 0 Å². The van der Waals surface area contributed by atoms with Gasteiger partial charge in [0.05, 0.1) is 0 Å². The Bertz CT molecular complexity index is 270. The molecule has 0 unspecified atom stereocenters. The molecular formula is C7H7F5O3. The number of carbonyl (C=O) groups is 2. The van der Waals surface area contributed by atoms with Gasteiger partial charge in [-0.15, -0.1) is 0 Å². The monoisotopic (exact) mass is 234 g/mol. The Labute approximate surface area is 80.9 Å². The number of carbonyl (C=O) groups excluding carboxylic acids is 1. The maximum atomic E-state index is 12.4. The van der Waals surface area contributed by atoms with E-state index in [9.17, 15) is 31.5 Å². The zero-order valence-electron chi connectivity index (χ0n) is 7.44. The van der Waals surface area contributed by atoms with E-state index in [1.165, 1.54) is 0 Å². The fourth-order valence-corrected chi connectivity index (χ4v) is 0.831. The van der Waals surface area contributed by atoms with E-state index in [1.54, 1.807) is 0 Å². The topological polar surface area (TPSA) is 54.4 Å². The van der Waals surface area contributed by atoms with E-state index in [0.717, 1.165) is 6.92 Å². The van der Waals surface area contributed by atoms with Crippen LogP contribution in [0.25, 0.3) is 0 Å². The number of hydrogen-bond donors (Lipinski definition) is 1. The summed E-state index contributed by atoms with van der Waals surface area (Å²) in [6.07, 6.45) is -6.69. The highest BCUT2D eigenvalue weighted by Crippen LogP contribution is 2.38. The highest BCUT2D eigenvalue weighted by Gasteiger charge is 2.64. The number of halogens is 5. The number of carboxylic acid groups (broad SMARTS) is 1. The van der Waals surface area contributed by atoms with Gasteiger partial charge in [0.1, 0.15) is 5.92 Å². The maximum absolute atomic E-state index is 12.4. The van der Waals surface area contributed by atoms with Crippen molar-refractivity contribution in [3.63, 3.8) is 0 Å². The molecule has 1 N–H and O–H groups in total. The van der Waals surface area contributed by atoms with E-state index in [0.29, 0.717) is 0 Å². The molecule has 0 aliphatic rings. The van der Waals surface area contributed by atoms with Crippen LogP contribution in [0, 0.1) is 5.92 Å². The SMILES string of the molecule is CC[C@@H](C(=O)O)C(=O)C(F)(F)C(F)(F)F. The smallest absolute Gasteiger partial charge is 0.461 e. The van der Waals surface area contributed by atoms with E-state index >= 15 is 0 Å². The Morgan fingerprint density at radius 3 is 1.80 bits per heavy atom. The molecule has 0 amide bonds. The maximum Gasteiger partial charge on any atom is 0.461 e. The van der Waals surface area contributed by atoms with Crippen molar-refractivity contribution in [2.24, 2.45) is 5.92 Å². The molecule has 0 aliphatic carbocycles. The minimum Gasteiger partial charge on any atom is -0.481 e. The van der Waals surface area contributed by atoms with Crippen LogP contribution in [0.5, 0.6) is 0 Å². The molecule has 0 aromatic rings. The summed E-state index contributed by atoms with van der Waals surface area (Å²) in [5.74, 6) is -12.6. The first kappa shape index (κ1) is 13.8. The van der Waals surface area contributed by atoms with Gasteiger partial charge in [-0.2, -0.15) is 22.0 Å². The molecule has 0 aromatic heterocycles. The van der Waals surface area contributed by atoms with Gasteiger partial charge in [0.15, 0.2) is 0 Å². The van der Waals surface area contributed by atoms with E-state index in [2.05, 4.69) is 0 Å². The van der Waals surface area contributed by atoms with Crippen LogP contribution in [0.4, 0.5) is 22.0 Å². The molecule has 0 aromatic carbocycles. The van der Waals surface area contributed by atoms with Gasteiger partial charge in [-0.1, -0.05) is 6.92 Å². The normalized spacial score (nSPS) is 14.8. The second-order valence-corrected chi connectivity index (χ2v) is 2.74. The van der Waals surface area contributed by atoms with Crippen LogP contribution >= 0.6 is 0 Å². The minimum absolute atomic E-state index is 0.625. The first-order chi connectivity index (χ1) is 6.55. The van der Waals surface area contributed by atoms with E-state index < -0.39 is 36.2 Å². The number of aliphatic carboxylic acids is 1. The molecule has 88 valence electrons. The van der Waals surface area contributed by atoms with Gasteiger partial charge in [-0.05, 0) is 6.42 Å². The first-order valence-corrected chi connectivity index (χ1v) is 3.77. The Kier molecular flexibility index (Phi) is 3.78. The molecule has 3 nitrogen and oxygen atoms in total. The van der Waals surface area contributed by atoms with Crippen LogP contribution in [-0.2, 0) is 9.59 Å². The van der Waals surface area contributed by atoms with E-state index in [1.807, 2.05) is 0 Å². The lowest BCUT2D eigenvalue weighted by molar-refractivity contribution is -0.270. The number of Topliss-reactive ketones (excluding diaryl/α,β-unsaturated/α-hetero) is 1. The molecule has 15 heavy (non-hydrogen) atoms. The lowest BCUT2D eigenvalue weighted by Crippen LogP contribution is -2.48. The second kappa shape index (κ2) is 4.11. The lowest BCUT2D eigenvalue weighted by atomic mass is 9.96. The molecule has 0 heterocycles. The predicted octanol–water partition coefficient (Wildman–Crippen LogP) is 1.86. The number of hydrogen-bond acceptors (Lipinski definition) is 2. The zero-order chi connectivity index (χ0) is 12.4. The predicted molar refractivity (Wildman–Crippen MR) is 37.4 cm³/mol. The number of ketones is 1. The summed E-state index contributed by atoms with van der Waals surface area (Å²) in [5, 5.41) is 8.25. The molecule has 8 heteroatoms. The molecule has 0 saturated heterocycles. The molecule has 0 bridgehead atoms. The molecule has 0 radical (unpaired) electrons. The molecule has 0 aliphatic heterocycles. The minimum atomic E-state index is -6.06. The van der Waals surface area contributed by atoms with Crippen molar-refractivity contribution >= 4 is 11.8 Å². The summed E-state index contributed by atoms with van der Waals surface area (Å²) in [5.41, 5.74) is 0. The largest absolute Gasteiger partial charge is 0.481 e. The standard InChI is InChI=1S/C7H7F5O3/c1-2-3(5(14)15)4(13)6(8,9)7(10,11)12/h3H,2H2,1H3,(H,14,15)/t3-/m1/s1. The fraction of sp³-hybridized carbons (Fsp3) is 0.714. The fourth-order valence-electron chi connectivity index (χ4n) is 0.831. The van der Waals surface area contributed by atoms with Gasteiger partial charge >= 0.3 is 18.1 Å². The van der Waals surface area contributed by atoms with Crippen LogP contribution in [0.15, 0.2) is 0 Å². The van der Waals surface area contributed by atoms with E-state index in [4.69, 9.17) is 5.11 Å². The summed E-state index contributed by atoms with van der Waals surface area (Å²) >= 11 is 0. The van der Waals surface area contributed by atoms with Crippen molar-refractivity contribution in [1.29, 1.82) is 0 Å². The molecule has 0 rings (SSSR count). The van der Waals surface area contributed by atoms with Crippen molar-refractivity contribution in [2.45, 2.75) is 25.4 Å². The summed E-state index contributed by atoms with van der Waals surface area (Å²) < 4.78 is 59.8. The zero-order valence-corrected chi connectivity index (χ0v) is 7.44. The second-order valence-electron chi connectivity index (χ2n) is 2.74. The van der Waals surface area contributed by atoms with Crippen LogP contribution < -0.4 is 0 Å². The summed E-state index contributed by atoms with van der Waals surface area (Å²) in [4.78, 5) is 20.9. The highest BCUT2D eigenvalue weighted by atomic mass is 19.4. The van der Waals surface area contributed by atoms with Gasteiger partial charge in [0.25, 0.3) is 0 Å². The van der Waals surface area contributed by atoms with Gasteiger partial charge in [-0.25, -0.2) is 0 Å². The highest BCUT2D eigenvalue weighted by molar-refractivity contribution is 6.02. The van der Waals surface area contributed by atoms with Crippen LogP contribution in [0.3, 0.4) is 0 Å². The molecular weight excluding hydrogens is 227 g/mol. The lowest BCUT2D eigenvalue weighted by Gasteiger charge is -2.20. The molecule has 0 spiro atoms. The summed E-state index contributed by atoms with van der Waals surface area (Å²) in [6, 6.07) is 0. The molecule has 0 saturated carbocycles. The Morgan fingerprint density at radius 2 is 1.60 bits per heavy atom. The summed E-state index contributed by atoms with van der Waals surface area (Å²) in [6.45, 7) is 1.03. The average molecular weight is 234 g/mol.